The monoisotopic (exact) mass is 498 g/mol. The Labute approximate surface area is 196 Å². The van der Waals surface area contributed by atoms with Crippen molar-refractivity contribution in [3.63, 3.8) is 0 Å². The third-order valence-corrected chi connectivity index (χ3v) is 10.2. The summed E-state index contributed by atoms with van der Waals surface area (Å²) in [6.45, 7) is 3.97. The molecule has 2 fully saturated rings. The number of sulfone groups is 1. The minimum Gasteiger partial charge on any atom is -0.490 e. The van der Waals surface area contributed by atoms with Gasteiger partial charge in [0.1, 0.15) is 10.6 Å². The fraction of sp³-hybridized carbons (Fsp3) is 0.500. The van der Waals surface area contributed by atoms with Crippen molar-refractivity contribution in [3.05, 3.63) is 58.6 Å². The van der Waals surface area contributed by atoms with Crippen LogP contribution in [0.25, 0.3) is 0 Å². The van der Waals surface area contributed by atoms with E-state index < -0.39 is 43.3 Å². The summed E-state index contributed by atoms with van der Waals surface area (Å²) in [5.41, 5.74) is -0.971. The molecule has 33 heavy (non-hydrogen) atoms. The molecule has 0 amide bonds. The maximum Gasteiger partial charge on any atom is 0.188 e. The van der Waals surface area contributed by atoms with Gasteiger partial charge in [0, 0.05) is 16.4 Å². The number of hydrogen-bond donors (Lipinski definition) is 0. The van der Waals surface area contributed by atoms with Crippen LogP contribution in [-0.4, -0.2) is 34.0 Å². The van der Waals surface area contributed by atoms with Crippen LogP contribution < -0.4 is 4.74 Å². The van der Waals surface area contributed by atoms with Crippen molar-refractivity contribution >= 4 is 21.4 Å². The van der Waals surface area contributed by atoms with Gasteiger partial charge in [-0.25, -0.2) is 17.2 Å². The lowest BCUT2D eigenvalue weighted by atomic mass is 9.59. The van der Waals surface area contributed by atoms with Crippen molar-refractivity contribution in [1.29, 1.82) is 0 Å². The number of hydrogen-bond acceptors (Lipinski definition) is 5. The zero-order valence-electron chi connectivity index (χ0n) is 18.4. The summed E-state index contributed by atoms with van der Waals surface area (Å²) in [6.07, 6.45) is 1.23. The lowest BCUT2D eigenvalue weighted by molar-refractivity contribution is -0.303. The average Bonchev–Trinajstić information content (AvgIpc) is 2.78. The molecular formula is C24H25ClF2O5S. The van der Waals surface area contributed by atoms with E-state index in [1.165, 1.54) is 24.3 Å². The molecule has 2 aromatic carbocycles. The van der Waals surface area contributed by atoms with E-state index in [2.05, 4.69) is 0 Å². The summed E-state index contributed by atoms with van der Waals surface area (Å²) in [6, 6.07) is 7.72. The van der Waals surface area contributed by atoms with Crippen LogP contribution in [0.5, 0.6) is 5.75 Å². The van der Waals surface area contributed by atoms with E-state index in [9.17, 15) is 12.8 Å². The molecule has 2 atom stereocenters. The smallest absolute Gasteiger partial charge is 0.188 e. The highest BCUT2D eigenvalue weighted by Gasteiger charge is 2.66. The van der Waals surface area contributed by atoms with Gasteiger partial charge < -0.3 is 14.2 Å². The molecule has 5 nitrogen and oxygen atoms in total. The Morgan fingerprint density at radius 2 is 1.61 bits per heavy atom. The van der Waals surface area contributed by atoms with E-state index in [1.807, 2.05) is 0 Å². The second-order valence-corrected chi connectivity index (χ2v) is 12.3. The first-order valence-electron chi connectivity index (χ1n) is 10.9. The molecule has 0 N–H and O–H groups in total. The van der Waals surface area contributed by atoms with Gasteiger partial charge in [0.2, 0.25) is 0 Å². The zero-order chi connectivity index (χ0) is 23.6. The molecule has 0 bridgehead atoms. The van der Waals surface area contributed by atoms with Crippen LogP contribution in [0, 0.1) is 23.0 Å². The molecule has 2 aromatic rings. The highest BCUT2D eigenvalue weighted by atomic mass is 35.5. The van der Waals surface area contributed by atoms with Crippen LogP contribution in [0.1, 0.15) is 38.7 Å². The van der Waals surface area contributed by atoms with Crippen molar-refractivity contribution in [2.75, 3.05) is 19.8 Å². The lowest BCUT2D eigenvalue weighted by Gasteiger charge is -2.58. The Kier molecular flexibility index (Phi) is 5.33. The summed E-state index contributed by atoms with van der Waals surface area (Å²) in [4.78, 5) is 0.00318. The molecular weight excluding hydrogens is 474 g/mol. The SMILES string of the molecule is CC1(C)OCC2(CCC[C@@]3(S(=O)(=O)c4ccc(Cl)cc4)c4c(F)ccc(F)c4OC[C@@H]23)CO1. The molecule has 9 heteroatoms. The van der Waals surface area contributed by atoms with E-state index in [4.69, 9.17) is 25.8 Å². The lowest BCUT2D eigenvalue weighted by Crippen LogP contribution is -2.63. The summed E-state index contributed by atoms with van der Waals surface area (Å²) in [7, 11) is -4.21. The van der Waals surface area contributed by atoms with Crippen LogP contribution in [-0.2, 0) is 24.1 Å². The molecule has 0 aromatic heterocycles. The first-order valence-corrected chi connectivity index (χ1v) is 12.8. The summed E-state index contributed by atoms with van der Waals surface area (Å²) in [5, 5.41) is 0.379. The van der Waals surface area contributed by atoms with Gasteiger partial charge in [-0.1, -0.05) is 18.0 Å². The molecule has 2 aliphatic heterocycles. The summed E-state index contributed by atoms with van der Waals surface area (Å²) in [5.74, 6) is -3.44. The number of fused-ring (bicyclic) bond motifs is 4. The molecule has 1 saturated carbocycles. The van der Waals surface area contributed by atoms with Gasteiger partial charge in [-0.05, 0) is 63.1 Å². The largest absolute Gasteiger partial charge is 0.490 e. The van der Waals surface area contributed by atoms with Crippen molar-refractivity contribution in [3.8, 4) is 5.75 Å². The van der Waals surface area contributed by atoms with Gasteiger partial charge in [0.05, 0.1) is 30.3 Å². The van der Waals surface area contributed by atoms with Crippen LogP contribution >= 0.6 is 11.6 Å². The van der Waals surface area contributed by atoms with Gasteiger partial charge in [-0.15, -0.1) is 0 Å². The van der Waals surface area contributed by atoms with E-state index in [-0.39, 0.29) is 42.4 Å². The van der Waals surface area contributed by atoms with E-state index >= 15 is 4.39 Å². The van der Waals surface area contributed by atoms with E-state index in [1.54, 1.807) is 13.8 Å². The highest BCUT2D eigenvalue weighted by Crippen LogP contribution is 2.62. The molecule has 1 saturated heterocycles. The minimum atomic E-state index is -4.21. The number of halogens is 3. The number of ether oxygens (including phenoxy) is 3. The standard InChI is InChI=1S/C24H25ClF2O5S/c1-22(2)31-13-23(14-32-22)10-3-11-24(33(28,29)16-6-4-15(25)5-7-16)19(23)12-30-21-18(27)9-8-17(26)20(21)24/h4-9,19H,3,10-14H2,1-2H3/t19-,24-/m0/s1. The van der Waals surface area contributed by atoms with Crippen LogP contribution in [0.4, 0.5) is 8.78 Å². The minimum absolute atomic E-state index is 0.00318. The molecule has 0 radical (unpaired) electrons. The first kappa shape index (κ1) is 23.0. The number of rotatable bonds is 2. The number of benzene rings is 2. The van der Waals surface area contributed by atoms with E-state index in [0.29, 0.717) is 17.9 Å². The Morgan fingerprint density at radius 3 is 2.27 bits per heavy atom. The second kappa shape index (κ2) is 7.63. The Bertz CT molecular complexity index is 1190. The third kappa shape index (κ3) is 3.32. The van der Waals surface area contributed by atoms with Crippen LogP contribution in [0.15, 0.2) is 41.3 Å². The van der Waals surface area contributed by atoms with Crippen molar-refractivity contribution in [1.82, 2.24) is 0 Å². The Morgan fingerprint density at radius 1 is 0.970 bits per heavy atom. The maximum atomic E-state index is 15.5. The molecule has 5 rings (SSSR count). The van der Waals surface area contributed by atoms with Crippen molar-refractivity contribution < 1.29 is 31.4 Å². The third-order valence-electron chi connectivity index (χ3n) is 7.42. The molecule has 0 unspecified atom stereocenters. The molecule has 1 aliphatic carbocycles. The van der Waals surface area contributed by atoms with Crippen molar-refractivity contribution in [2.24, 2.45) is 11.3 Å². The van der Waals surface area contributed by atoms with Crippen molar-refractivity contribution in [2.45, 2.75) is 48.5 Å². The topological polar surface area (TPSA) is 61.8 Å². The molecule has 178 valence electrons. The predicted octanol–water partition coefficient (Wildman–Crippen LogP) is 5.25. The van der Waals surface area contributed by atoms with E-state index in [0.717, 1.165) is 12.1 Å². The van der Waals surface area contributed by atoms with Crippen LogP contribution in [0.3, 0.4) is 0 Å². The first-order chi connectivity index (χ1) is 15.5. The van der Waals surface area contributed by atoms with Gasteiger partial charge in [-0.3, -0.25) is 0 Å². The fourth-order valence-corrected chi connectivity index (χ4v) is 8.34. The van der Waals surface area contributed by atoms with Crippen LogP contribution in [0.2, 0.25) is 5.02 Å². The molecule has 1 spiro atoms. The summed E-state index contributed by atoms with van der Waals surface area (Å²) >= 11 is 6.00. The Balaban J connectivity index is 1.77. The van der Waals surface area contributed by atoms with Gasteiger partial charge in [0.25, 0.3) is 0 Å². The Hall–Kier alpha value is -1.74. The quantitative estimate of drug-likeness (QED) is 0.566. The molecule has 2 heterocycles. The maximum absolute atomic E-state index is 15.5. The molecule has 3 aliphatic rings. The zero-order valence-corrected chi connectivity index (χ0v) is 19.9. The predicted molar refractivity (Wildman–Crippen MR) is 118 cm³/mol. The van der Waals surface area contributed by atoms with Gasteiger partial charge >= 0.3 is 0 Å². The van der Waals surface area contributed by atoms with Gasteiger partial charge in [-0.2, -0.15) is 0 Å². The fourth-order valence-electron chi connectivity index (χ4n) is 5.74. The second-order valence-electron chi connectivity index (χ2n) is 9.64. The normalized spacial score (nSPS) is 28.0. The van der Waals surface area contributed by atoms with Gasteiger partial charge in [0.15, 0.2) is 27.2 Å². The average molecular weight is 499 g/mol. The summed E-state index contributed by atoms with van der Waals surface area (Å²) < 4.78 is 74.9. The highest BCUT2D eigenvalue weighted by molar-refractivity contribution is 7.92.